The lowest BCUT2D eigenvalue weighted by molar-refractivity contribution is 0.340. The van der Waals surface area contributed by atoms with Crippen molar-refractivity contribution < 1.29 is 0 Å². The monoisotopic (exact) mass is 325 g/mol. The van der Waals surface area contributed by atoms with Crippen molar-refractivity contribution in [3.63, 3.8) is 0 Å². The first-order valence-corrected chi connectivity index (χ1v) is 9.01. The molecule has 0 aromatic heterocycles. The molecule has 0 unspecified atom stereocenters. The third-order valence-electron chi connectivity index (χ3n) is 4.52. The van der Waals surface area contributed by atoms with Crippen LogP contribution in [0, 0.1) is 0 Å². The van der Waals surface area contributed by atoms with Crippen molar-refractivity contribution in [2.45, 2.75) is 90.5 Å². The summed E-state index contributed by atoms with van der Waals surface area (Å²) in [5, 5.41) is 0. The highest BCUT2D eigenvalue weighted by Gasteiger charge is 2.25. The molecule has 0 amide bonds. The maximum Gasteiger partial charge on any atom is 0.0195 e. The normalized spacial score (nSPS) is 11.3. The zero-order valence-electron chi connectivity index (χ0n) is 14.9. The zero-order valence-corrected chi connectivity index (χ0v) is 15.7. The highest BCUT2D eigenvalue weighted by molar-refractivity contribution is 5.85. The van der Waals surface area contributed by atoms with E-state index in [1.54, 1.807) is 0 Å². The van der Waals surface area contributed by atoms with Gasteiger partial charge in [0.1, 0.15) is 0 Å². The Morgan fingerprint density at radius 2 is 1.32 bits per heavy atom. The number of benzene rings is 1. The van der Waals surface area contributed by atoms with Crippen molar-refractivity contribution in [2.24, 2.45) is 5.73 Å². The van der Waals surface area contributed by atoms with Crippen LogP contribution in [0.5, 0.6) is 0 Å². The molecule has 0 radical (unpaired) electrons. The Bertz CT molecular complexity index is 381. The molecule has 0 aliphatic heterocycles. The van der Waals surface area contributed by atoms with E-state index in [1.807, 2.05) is 0 Å². The molecule has 1 rings (SSSR count). The summed E-state index contributed by atoms with van der Waals surface area (Å²) in [5.41, 5.74) is 9.80. The van der Waals surface area contributed by atoms with E-state index in [-0.39, 0.29) is 17.9 Å². The summed E-state index contributed by atoms with van der Waals surface area (Å²) in [7, 11) is 0. The number of hydrogen-bond donors (Lipinski definition) is 1. The minimum Gasteiger partial charge on any atom is -0.325 e. The van der Waals surface area contributed by atoms with Crippen molar-refractivity contribution >= 4 is 12.4 Å². The van der Waals surface area contributed by atoms with Crippen LogP contribution >= 0.6 is 12.4 Å². The second kappa shape index (κ2) is 12.0. The standard InChI is InChI=1S/C20H35N.ClH/c1-4-7-12-18-13-10-11-14-19(18)17-20(21,15-8-5-2)16-9-6-3;/h10-11,13-14H,4-9,12,15-17,21H2,1-3H3;1H. The van der Waals surface area contributed by atoms with E-state index in [9.17, 15) is 0 Å². The molecule has 1 nitrogen and oxygen atoms in total. The third kappa shape index (κ3) is 7.65. The Labute approximate surface area is 144 Å². The molecule has 0 bridgehead atoms. The molecule has 0 aliphatic rings. The third-order valence-corrected chi connectivity index (χ3v) is 4.52. The fourth-order valence-electron chi connectivity index (χ4n) is 3.08. The van der Waals surface area contributed by atoms with Crippen molar-refractivity contribution in [2.75, 3.05) is 0 Å². The van der Waals surface area contributed by atoms with E-state index in [0.29, 0.717) is 0 Å². The van der Waals surface area contributed by atoms with Crippen LogP contribution < -0.4 is 5.73 Å². The van der Waals surface area contributed by atoms with Gasteiger partial charge in [-0.2, -0.15) is 0 Å². The van der Waals surface area contributed by atoms with Crippen LogP contribution in [0.25, 0.3) is 0 Å². The highest BCUT2D eigenvalue weighted by Crippen LogP contribution is 2.26. The molecule has 1 aromatic carbocycles. The first-order chi connectivity index (χ1) is 10.1. The molecule has 0 saturated carbocycles. The van der Waals surface area contributed by atoms with Crippen LogP contribution in [0.3, 0.4) is 0 Å². The lowest BCUT2D eigenvalue weighted by Gasteiger charge is -2.31. The van der Waals surface area contributed by atoms with Gasteiger partial charge in [0.15, 0.2) is 0 Å². The molecule has 0 aliphatic carbocycles. The molecule has 0 atom stereocenters. The van der Waals surface area contributed by atoms with Crippen LogP contribution in [-0.2, 0) is 12.8 Å². The summed E-state index contributed by atoms with van der Waals surface area (Å²) in [6, 6.07) is 8.94. The number of rotatable bonds is 11. The summed E-state index contributed by atoms with van der Waals surface area (Å²) >= 11 is 0. The second-order valence-corrected chi connectivity index (χ2v) is 6.62. The SMILES string of the molecule is CCCCc1ccccc1CC(N)(CCCC)CCCC.Cl. The molecule has 0 spiro atoms. The zero-order chi connectivity index (χ0) is 15.6. The molecule has 0 saturated heterocycles. The molecule has 22 heavy (non-hydrogen) atoms. The largest absolute Gasteiger partial charge is 0.325 e. The van der Waals surface area contributed by atoms with Gasteiger partial charge in [-0.1, -0.05) is 77.1 Å². The molecule has 2 heteroatoms. The van der Waals surface area contributed by atoms with Gasteiger partial charge in [0, 0.05) is 5.54 Å². The Hall–Kier alpha value is -0.530. The Morgan fingerprint density at radius 3 is 1.82 bits per heavy atom. The van der Waals surface area contributed by atoms with Gasteiger partial charge in [-0.25, -0.2) is 0 Å². The first-order valence-electron chi connectivity index (χ1n) is 9.01. The Kier molecular flexibility index (Phi) is 11.7. The maximum absolute atomic E-state index is 6.80. The van der Waals surface area contributed by atoms with E-state index in [0.717, 1.165) is 19.3 Å². The van der Waals surface area contributed by atoms with Gasteiger partial charge in [-0.05, 0) is 43.2 Å². The summed E-state index contributed by atoms with van der Waals surface area (Å²) in [5.74, 6) is 0. The summed E-state index contributed by atoms with van der Waals surface area (Å²) in [6.45, 7) is 6.78. The summed E-state index contributed by atoms with van der Waals surface area (Å²) in [4.78, 5) is 0. The van der Waals surface area contributed by atoms with Crippen LogP contribution in [-0.4, -0.2) is 5.54 Å². The number of unbranched alkanes of at least 4 members (excludes halogenated alkanes) is 3. The van der Waals surface area contributed by atoms with E-state index >= 15 is 0 Å². The Balaban J connectivity index is 0.00000441. The van der Waals surface area contributed by atoms with Crippen LogP contribution in [0.1, 0.15) is 83.3 Å². The van der Waals surface area contributed by atoms with Gasteiger partial charge in [0.05, 0.1) is 0 Å². The van der Waals surface area contributed by atoms with Crippen LogP contribution in [0.4, 0.5) is 0 Å². The predicted octanol–water partition coefficient (Wildman–Crippen LogP) is 6.07. The summed E-state index contributed by atoms with van der Waals surface area (Å²) in [6.07, 6.45) is 12.1. The molecule has 0 fully saturated rings. The number of halogens is 1. The lowest BCUT2D eigenvalue weighted by atomic mass is 9.81. The molecular formula is C20H36ClN. The van der Waals surface area contributed by atoms with Gasteiger partial charge in [0.2, 0.25) is 0 Å². The molecule has 1 aromatic rings. The van der Waals surface area contributed by atoms with E-state index in [1.165, 1.54) is 56.1 Å². The van der Waals surface area contributed by atoms with E-state index in [2.05, 4.69) is 45.0 Å². The minimum absolute atomic E-state index is 0. The first kappa shape index (κ1) is 21.5. The smallest absolute Gasteiger partial charge is 0.0195 e. The number of aryl methyl sites for hydroxylation is 1. The van der Waals surface area contributed by atoms with Crippen molar-refractivity contribution in [3.05, 3.63) is 35.4 Å². The number of hydrogen-bond acceptors (Lipinski definition) is 1. The van der Waals surface area contributed by atoms with Crippen molar-refractivity contribution in [3.8, 4) is 0 Å². The fourth-order valence-corrected chi connectivity index (χ4v) is 3.08. The fraction of sp³-hybridized carbons (Fsp3) is 0.700. The molecule has 0 heterocycles. The van der Waals surface area contributed by atoms with Gasteiger partial charge in [-0.15, -0.1) is 12.4 Å². The molecular weight excluding hydrogens is 290 g/mol. The summed E-state index contributed by atoms with van der Waals surface area (Å²) < 4.78 is 0. The average molecular weight is 326 g/mol. The van der Waals surface area contributed by atoms with Crippen LogP contribution in [0.15, 0.2) is 24.3 Å². The van der Waals surface area contributed by atoms with Crippen molar-refractivity contribution in [1.82, 2.24) is 0 Å². The minimum atomic E-state index is -0.00562. The van der Waals surface area contributed by atoms with E-state index < -0.39 is 0 Å². The van der Waals surface area contributed by atoms with Crippen molar-refractivity contribution in [1.29, 1.82) is 0 Å². The lowest BCUT2D eigenvalue weighted by Crippen LogP contribution is -2.42. The van der Waals surface area contributed by atoms with Gasteiger partial charge in [-0.3, -0.25) is 0 Å². The highest BCUT2D eigenvalue weighted by atomic mass is 35.5. The average Bonchev–Trinajstić information content (AvgIpc) is 2.50. The van der Waals surface area contributed by atoms with E-state index in [4.69, 9.17) is 5.73 Å². The quantitative estimate of drug-likeness (QED) is 0.525. The van der Waals surface area contributed by atoms with Crippen LogP contribution in [0.2, 0.25) is 0 Å². The number of nitrogens with two attached hydrogens (primary N) is 1. The maximum atomic E-state index is 6.80. The second-order valence-electron chi connectivity index (χ2n) is 6.62. The molecule has 128 valence electrons. The molecule has 2 N–H and O–H groups in total. The van der Waals surface area contributed by atoms with Gasteiger partial charge in [0.25, 0.3) is 0 Å². The van der Waals surface area contributed by atoms with Gasteiger partial charge >= 0.3 is 0 Å². The topological polar surface area (TPSA) is 26.0 Å². The van der Waals surface area contributed by atoms with Gasteiger partial charge < -0.3 is 5.73 Å². The predicted molar refractivity (Wildman–Crippen MR) is 102 cm³/mol. The Morgan fingerprint density at radius 1 is 0.818 bits per heavy atom.